The number of rotatable bonds is 1. The Hall–Kier alpha value is -2.60. The fraction of sp³-hybridized carbons (Fsp3) is 0.0714. The molecule has 0 aliphatic rings. The monoisotopic (exact) mass is 299 g/mol. The van der Waals surface area contributed by atoms with Crippen molar-refractivity contribution < 1.29 is 0 Å². The number of H-pyrrole nitrogens is 2. The minimum absolute atomic E-state index is 0.174. The van der Waals surface area contributed by atoms with Crippen molar-refractivity contribution in [3.8, 4) is 11.3 Å². The molecular formula is C14H10ClN5O. The van der Waals surface area contributed by atoms with Gasteiger partial charge in [-0.05, 0) is 24.6 Å². The summed E-state index contributed by atoms with van der Waals surface area (Å²) in [6.45, 7) is 1.79. The number of aromatic nitrogens is 5. The summed E-state index contributed by atoms with van der Waals surface area (Å²) in [6.07, 6.45) is 1.73. The topological polar surface area (TPSA) is 78.8 Å². The van der Waals surface area contributed by atoms with Crippen molar-refractivity contribution in [2.75, 3.05) is 0 Å². The summed E-state index contributed by atoms with van der Waals surface area (Å²) >= 11 is 5.88. The lowest BCUT2D eigenvalue weighted by Crippen LogP contribution is -2.13. The van der Waals surface area contributed by atoms with E-state index in [0.717, 1.165) is 11.3 Å². The Bertz CT molecular complexity index is 1030. The van der Waals surface area contributed by atoms with E-state index < -0.39 is 0 Å². The molecule has 0 saturated heterocycles. The molecule has 0 atom stereocenters. The summed E-state index contributed by atoms with van der Waals surface area (Å²) in [5.41, 5.74) is 2.37. The number of fused-ring (bicyclic) bond motifs is 2. The lowest BCUT2D eigenvalue weighted by molar-refractivity contribution is 1.08. The maximum Gasteiger partial charge on any atom is 0.285 e. The van der Waals surface area contributed by atoms with E-state index in [1.165, 1.54) is 4.40 Å². The molecule has 1 aromatic carbocycles. The van der Waals surface area contributed by atoms with Crippen LogP contribution in [0.1, 0.15) is 5.82 Å². The van der Waals surface area contributed by atoms with Crippen molar-refractivity contribution in [2.24, 2.45) is 0 Å². The van der Waals surface area contributed by atoms with Gasteiger partial charge in [-0.1, -0.05) is 23.7 Å². The minimum atomic E-state index is -0.174. The first-order valence-electron chi connectivity index (χ1n) is 6.35. The summed E-state index contributed by atoms with van der Waals surface area (Å²) in [6, 6.07) is 7.36. The maximum atomic E-state index is 12.4. The molecular weight excluding hydrogens is 290 g/mol. The van der Waals surface area contributed by atoms with Gasteiger partial charge in [0, 0.05) is 11.2 Å². The molecule has 0 bridgehead atoms. The van der Waals surface area contributed by atoms with Crippen LogP contribution in [-0.2, 0) is 0 Å². The normalized spacial score (nSPS) is 11.5. The van der Waals surface area contributed by atoms with Gasteiger partial charge in [-0.3, -0.25) is 4.79 Å². The number of imidazole rings is 2. The Labute approximate surface area is 123 Å². The molecule has 7 heteroatoms. The molecule has 0 aliphatic carbocycles. The van der Waals surface area contributed by atoms with Gasteiger partial charge >= 0.3 is 0 Å². The van der Waals surface area contributed by atoms with Gasteiger partial charge in [-0.15, -0.1) is 0 Å². The highest BCUT2D eigenvalue weighted by Crippen LogP contribution is 2.20. The fourth-order valence-corrected chi connectivity index (χ4v) is 2.47. The van der Waals surface area contributed by atoms with Crippen LogP contribution in [0.25, 0.3) is 28.2 Å². The quantitative estimate of drug-likeness (QED) is 0.567. The highest BCUT2D eigenvalue weighted by atomic mass is 35.5. The molecule has 6 nitrogen and oxygen atoms in total. The SMILES string of the molecule is Cc1nc2nc3[nH]c(-c4ccc(Cl)cc4)cn3c(=O)c2[nH]1. The molecule has 4 rings (SSSR count). The summed E-state index contributed by atoms with van der Waals surface area (Å²) in [5.74, 6) is 1.13. The Kier molecular flexibility index (Phi) is 2.43. The molecule has 0 spiro atoms. The first kappa shape index (κ1) is 12.2. The zero-order valence-corrected chi connectivity index (χ0v) is 11.8. The van der Waals surface area contributed by atoms with Crippen molar-refractivity contribution >= 4 is 28.5 Å². The lowest BCUT2D eigenvalue weighted by Gasteiger charge is -1.95. The van der Waals surface area contributed by atoms with Gasteiger partial charge in [0.25, 0.3) is 5.56 Å². The Morgan fingerprint density at radius 3 is 2.67 bits per heavy atom. The second-order valence-electron chi connectivity index (χ2n) is 4.81. The average molecular weight is 300 g/mol. The average Bonchev–Trinajstić information content (AvgIpc) is 3.03. The predicted octanol–water partition coefficient (Wildman–Crippen LogP) is 2.53. The second-order valence-corrected chi connectivity index (χ2v) is 5.24. The molecule has 104 valence electrons. The van der Waals surface area contributed by atoms with Crippen LogP contribution in [0.5, 0.6) is 0 Å². The Balaban J connectivity index is 2.00. The third-order valence-corrected chi connectivity index (χ3v) is 3.59. The lowest BCUT2D eigenvalue weighted by atomic mass is 10.2. The van der Waals surface area contributed by atoms with Crippen LogP contribution in [0.15, 0.2) is 35.3 Å². The molecule has 0 radical (unpaired) electrons. The molecule has 0 fully saturated rings. The fourth-order valence-electron chi connectivity index (χ4n) is 2.35. The van der Waals surface area contributed by atoms with Gasteiger partial charge in [0.1, 0.15) is 5.82 Å². The minimum Gasteiger partial charge on any atom is -0.336 e. The molecule has 0 aliphatic heterocycles. The third-order valence-electron chi connectivity index (χ3n) is 3.34. The molecule has 3 aromatic heterocycles. The van der Waals surface area contributed by atoms with Crippen molar-refractivity contribution in [2.45, 2.75) is 6.92 Å². The first-order valence-corrected chi connectivity index (χ1v) is 6.73. The van der Waals surface area contributed by atoms with Crippen LogP contribution >= 0.6 is 11.6 Å². The summed E-state index contributed by atoms with van der Waals surface area (Å²) < 4.78 is 1.48. The van der Waals surface area contributed by atoms with Gasteiger partial charge < -0.3 is 9.97 Å². The number of aromatic amines is 2. The van der Waals surface area contributed by atoms with Crippen LogP contribution in [0.2, 0.25) is 5.02 Å². The third kappa shape index (κ3) is 1.84. The Morgan fingerprint density at radius 1 is 1.14 bits per heavy atom. The van der Waals surface area contributed by atoms with E-state index in [-0.39, 0.29) is 5.56 Å². The number of nitrogens with zero attached hydrogens (tertiary/aromatic N) is 3. The number of benzene rings is 1. The summed E-state index contributed by atoms with van der Waals surface area (Å²) in [7, 11) is 0. The van der Waals surface area contributed by atoms with E-state index in [1.54, 1.807) is 25.3 Å². The van der Waals surface area contributed by atoms with Gasteiger partial charge in [-0.2, -0.15) is 4.98 Å². The van der Waals surface area contributed by atoms with Crippen LogP contribution in [0.3, 0.4) is 0 Å². The van der Waals surface area contributed by atoms with Crippen molar-refractivity contribution in [3.63, 3.8) is 0 Å². The number of aryl methyl sites for hydroxylation is 1. The highest BCUT2D eigenvalue weighted by molar-refractivity contribution is 6.30. The van der Waals surface area contributed by atoms with E-state index in [0.29, 0.717) is 27.8 Å². The van der Waals surface area contributed by atoms with Gasteiger partial charge in [0.15, 0.2) is 11.2 Å². The van der Waals surface area contributed by atoms with E-state index in [1.807, 2.05) is 12.1 Å². The number of halogens is 1. The van der Waals surface area contributed by atoms with Crippen molar-refractivity contribution in [1.82, 2.24) is 24.3 Å². The molecule has 21 heavy (non-hydrogen) atoms. The van der Waals surface area contributed by atoms with Crippen LogP contribution in [-0.4, -0.2) is 24.3 Å². The summed E-state index contributed by atoms with van der Waals surface area (Å²) in [4.78, 5) is 27.0. The smallest absolute Gasteiger partial charge is 0.285 e. The van der Waals surface area contributed by atoms with E-state index in [4.69, 9.17) is 11.6 Å². The van der Waals surface area contributed by atoms with E-state index >= 15 is 0 Å². The molecule has 0 saturated carbocycles. The Morgan fingerprint density at radius 2 is 1.90 bits per heavy atom. The van der Waals surface area contributed by atoms with Crippen LogP contribution in [0, 0.1) is 6.92 Å². The molecule has 4 aromatic rings. The van der Waals surface area contributed by atoms with Crippen LogP contribution in [0.4, 0.5) is 0 Å². The summed E-state index contributed by atoms with van der Waals surface area (Å²) in [5, 5.41) is 0.665. The number of hydrogen-bond donors (Lipinski definition) is 2. The van der Waals surface area contributed by atoms with E-state index in [9.17, 15) is 4.79 Å². The van der Waals surface area contributed by atoms with E-state index in [2.05, 4.69) is 19.9 Å². The van der Waals surface area contributed by atoms with Gasteiger partial charge in [0.2, 0.25) is 5.78 Å². The molecule has 0 amide bonds. The van der Waals surface area contributed by atoms with Crippen molar-refractivity contribution in [3.05, 3.63) is 51.7 Å². The standard InChI is InChI=1S/C14H10ClN5O/c1-7-16-11-12(17-7)19-14-18-10(6-20(14)13(11)21)8-2-4-9(15)5-3-8/h2-6H,1H3,(H,16,17)(H,18,19). The molecule has 2 N–H and O–H groups in total. The zero-order chi connectivity index (χ0) is 14.6. The zero-order valence-electron chi connectivity index (χ0n) is 11.0. The number of nitrogens with one attached hydrogen (secondary N) is 2. The predicted molar refractivity (Wildman–Crippen MR) is 80.6 cm³/mol. The molecule has 0 unspecified atom stereocenters. The van der Waals surface area contributed by atoms with Crippen molar-refractivity contribution in [1.29, 1.82) is 0 Å². The highest BCUT2D eigenvalue weighted by Gasteiger charge is 2.12. The maximum absolute atomic E-state index is 12.4. The van der Waals surface area contributed by atoms with Gasteiger partial charge in [-0.25, -0.2) is 9.38 Å². The first-order chi connectivity index (χ1) is 10.1. The molecule has 3 heterocycles. The van der Waals surface area contributed by atoms with Crippen LogP contribution < -0.4 is 5.56 Å². The number of hydrogen-bond acceptors (Lipinski definition) is 3. The largest absolute Gasteiger partial charge is 0.336 e. The van der Waals surface area contributed by atoms with Gasteiger partial charge in [0.05, 0.1) is 5.69 Å². The second kappa shape index (κ2) is 4.20.